The molecule has 0 heterocycles. The summed E-state index contributed by atoms with van der Waals surface area (Å²) in [5.74, 6) is 0.849. The maximum atomic E-state index is 5.67. The first-order chi connectivity index (χ1) is 6.74. The molecule has 15 heavy (non-hydrogen) atoms. The van der Waals surface area contributed by atoms with E-state index < -0.39 is 8.80 Å². The third-order valence-electron chi connectivity index (χ3n) is 1.73. The molecule has 3 nitrogen and oxygen atoms in total. The Morgan fingerprint density at radius 3 is 1.60 bits per heavy atom. The van der Waals surface area contributed by atoms with Gasteiger partial charge in [-0.2, -0.15) is 12.6 Å². The van der Waals surface area contributed by atoms with Crippen molar-refractivity contribution in [2.45, 2.75) is 33.2 Å². The molecule has 0 spiro atoms. The van der Waals surface area contributed by atoms with Crippen molar-refractivity contribution < 1.29 is 13.3 Å². The Morgan fingerprint density at radius 2 is 1.33 bits per heavy atom. The molecule has 0 amide bonds. The van der Waals surface area contributed by atoms with Crippen molar-refractivity contribution in [3.8, 4) is 0 Å². The molecular formula is C9H23NaO3SSi. The van der Waals surface area contributed by atoms with Gasteiger partial charge in [-0.15, -0.1) is 0 Å². The molecule has 0 bridgehead atoms. The van der Waals surface area contributed by atoms with E-state index in [0.717, 1.165) is 18.2 Å². The van der Waals surface area contributed by atoms with E-state index >= 15 is 0 Å². The standard InChI is InChI=1S/C9H22O3SSi.Na.H/c1-4-10-14(11-5-2,12-6-3)9-7-8-13;;/h13H,4-9H2,1-3H3;;. The van der Waals surface area contributed by atoms with Gasteiger partial charge in [0.05, 0.1) is 0 Å². The summed E-state index contributed by atoms with van der Waals surface area (Å²) >= 11 is 4.19. The predicted octanol–water partition coefficient (Wildman–Crippen LogP) is 1.71. The van der Waals surface area contributed by atoms with E-state index in [1.54, 1.807) is 0 Å². The molecule has 0 saturated carbocycles. The summed E-state index contributed by atoms with van der Waals surface area (Å²) in [5, 5.41) is 0. The van der Waals surface area contributed by atoms with Crippen molar-refractivity contribution in [2.75, 3.05) is 25.6 Å². The van der Waals surface area contributed by atoms with Gasteiger partial charge in [0.25, 0.3) is 0 Å². The molecule has 0 aliphatic rings. The number of rotatable bonds is 9. The fourth-order valence-corrected chi connectivity index (χ4v) is 4.36. The number of hydrogen-bond donors (Lipinski definition) is 1. The van der Waals surface area contributed by atoms with E-state index in [0.29, 0.717) is 19.8 Å². The molecule has 0 radical (unpaired) electrons. The van der Waals surface area contributed by atoms with Crippen molar-refractivity contribution >= 4 is 51.0 Å². The van der Waals surface area contributed by atoms with Gasteiger partial charge in [-0.25, -0.2) is 0 Å². The van der Waals surface area contributed by atoms with Crippen LogP contribution in [0.5, 0.6) is 0 Å². The van der Waals surface area contributed by atoms with Gasteiger partial charge in [0.15, 0.2) is 0 Å². The Bertz CT molecular complexity index is 124. The monoisotopic (exact) mass is 262 g/mol. The van der Waals surface area contributed by atoms with Gasteiger partial charge in [0.2, 0.25) is 0 Å². The van der Waals surface area contributed by atoms with Gasteiger partial charge in [-0.05, 0) is 32.9 Å². The SMILES string of the molecule is CCO[Si](CCCS)(OCC)OCC.[NaH]. The fourth-order valence-electron chi connectivity index (χ4n) is 1.30. The second-order valence-corrected chi connectivity index (χ2v) is 5.99. The number of hydrogen-bond acceptors (Lipinski definition) is 4. The van der Waals surface area contributed by atoms with Gasteiger partial charge >= 0.3 is 38.4 Å². The van der Waals surface area contributed by atoms with Gasteiger partial charge < -0.3 is 13.3 Å². The third-order valence-corrected chi connectivity index (χ3v) is 5.20. The summed E-state index contributed by atoms with van der Waals surface area (Å²) in [4.78, 5) is 0. The Kier molecular flexibility index (Phi) is 14.9. The minimum atomic E-state index is -2.37. The van der Waals surface area contributed by atoms with Crippen molar-refractivity contribution in [2.24, 2.45) is 0 Å². The van der Waals surface area contributed by atoms with Crippen molar-refractivity contribution in [3.05, 3.63) is 0 Å². The molecule has 0 aromatic heterocycles. The van der Waals surface area contributed by atoms with E-state index in [1.807, 2.05) is 20.8 Å². The summed E-state index contributed by atoms with van der Waals surface area (Å²) in [6.07, 6.45) is 0.981. The Labute approximate surface area is 122 Å². The van der Waals surface area contributed by atoms with E-state index in [1.165, 1.54) is 0 Å². The van der Waals surface area contributed by atoms with Gasteiger partial charge in [0, 0.05) is 25.9 Å². The van der Waals surface area contributed by atoms with Crippen LogP contribution in [-0.4, -0.2) is 63.9 Å². The van der Waals surface area contributed by atoms with Crippen molar-refractivity contribution in [1.29, 1.82) is 0 Å². The van der Waals surface area contributed by atoms with Crippen molar-refractivity contribution in [1.82, 2.24) is 0 Å². The zero-order valence-corrected chi connectivity index (χ0v) is 11.3. The first kappa shape index (κ1) is 18.8. The zero-order chi connectivity index (χ0) is 10.9. The summed E-state index contributed by atoms with van der Waals surface area (Å²) in [5.41, 5.74) is 0. The molecule has 0 N–H and O–H groups in total. The third kappa shape index (κ3) is 8.21. The van der Waals surface area contributed by atoms with E-state index in [2.05, 4.69) is 12.6 Å². The van der Waals surface area contributed by atoms with Crippen LogP contribution < -0.4 is 0 Å². The Morgan fingerprint density at radius 1 is 0.933 bits per heavy atom. The molecule has 0 rings (SSSR count). The minimum absolute atomic E-state index is 0. The van der Waals surface area contributed by atoms with E-state index in [9.17, 15) is 0 Å². The van der Waals surface area contributed by atoms with Crippen molar-refractivity contribution in [3.63, 3.8) is 0 Å². The van der Waals surface area contributed by atoms with E-state index in [4.69, 9.17) is 13.3 Å². The van der Waals surface area contributed by atoms with Crippen LogP contribution in [0.4, 0.5) is 0 Å². The van der Waals surface area contributed by atoms with Crippen LogP contribution in [0.15, 0.2) is 0 Å². The second kappa shape index (κ2) is 11.9. The van der Waals surface area contributed by atoms with Gasteiger partial charge in [0.1, 0.15) is 0 Å². The molecule has 0 aromatic rings. The molecule has 0 atom stereocenters. The molecule has 0 saturated heterocycles. The van der Waals surface area contributed by atoms with Crippen LogP contribution in [0.25, 0.3) is 0 Å². The Balaban J connectivity index is 0. The molecule has 0 aliphatic carbocycles. The Hall–Kier alpha value is 1.45. The molecule has 0 aromatic carbocycles. The van der Waals surface area contributed by atoms with Crippen LogP contribution in [-0.2, 0) is 13.3 Å². The quantitative estimate of drug-likeness (QED) is 0.506. The van der Waals surface area contributed by atoms with Crippen LogP contribution in [0, 0.1) is 0 Å². The van der Waals surface area contributed by atoms with Crippen LogP contribution >= 0.6 is 12.6 Å². The topological polar surface area (TPSA) is 27.7 Å². The molecule has 88 valence electrons. The average Bonchev–Trinajstić information content (AvgIpc) is 2.16. The summed E-state index contributed by atoms with van der Waals surface area (Å²) < 4.78 is 17.0. The molecular weight excluding hydrogens is 239 g/mol. The molecule has 0 unspecified atom stereocenters. The molecule has 0 fully saturated rings. The first-order valence-corrected chi connectivity index (χ1v) is 7.83. The van der Waals surface area contributed by atoms with E-state index in [-0.39, 0.29) is 29.6 Å². The average molecular weight is 262 g/mol. The molecule has 6 heteroatoms. The van der Waals surface area contributed by atoms with Gasteiger partial charge in [-0.3, -0.25) is 0 Å². The fraction of sp³-hybridized carbons (Fsp3) is 1.00. The summed E-state index contributed by atoms with van der Waals surface area (Å²) in [7, 11) is -2.37. The van der Waals surface area contributed by atoms with Crippen LogP contribution in [0.1, 0.15) is 27.2 Å². The molecule has 0 aliphatic heterocycles. The van der Waals surface area contributed by atoms with Crippen LogP contribution in [0.2, 0.25) is 6.04 Å². The zero-order valence-electron chi connectivity index (χ0n) is 9.41. The second-order valence-electron chi connectivity index (χ2n) is 2.81. The maximum absolute atomic E-state index is 5.67. The van der Waals surface area contributed by atoms with Gasteiger partial charge in [-0.1, -0.05) is 0 Å². The normalized spacial score (nSPS) is 11.2. The summed E-state index contributed by atoms with van der Waals surface area (Å²) in [6.45, 7) is 7.87. The first-order valence-electron chi connectivity index (χ1n) is 5.27. The number of thiol groups is 1. The van der Waals surface area contributed by atoms with Crippen LogP contribution in [0.3, 0.4) is 0 Å². The predicted molar refractivity (Wildman–Crippen MR) is 71.1 cm³/mol. The summed E-state index contributed by atoms with van der Waals surface area (Å²) in [6, 6.07) is 0.867.